The molecule has 0 unspecified atom stereocenters. The Bertz CT molecular complexity index is 984. The number of aromatic nitrogens is 2. The molecule has 5 nitrogen and oxygen atoms in total. The van der Waals surface area contributed by atoms with Crippen LogP contribution in [-0.4, -0.2) is 15.4 Å². The van der Waals surface area contributed by atoms with Crippen molar-refractivity contribution < 1.29 is 18.3 Å². The molecule has 0 saturated heterocycles. The van der Waals surface area contributed by atoms with E-state index in [1.807, 2.05) is 0 Å². The maximum absolute atomic E-state index is 13.5. The van der Waals surface area contributed by atoms with Gasteiger partial charge in [-0.2, -0.15) is 0 Å². The molecule has 0 fully saturated rings. The molecule has 0 aliphatic rings. The molecule has 0 bridgehead atoms. The van der Waals surface area contributed by atoms with E-state index in [0.29, 0.717) is 10.1 Å². The van der Waals surface area contributed by atoms with Crippen molar-refractivity contribution in [1.29, 1.82) is 0 Å². The number of ether oxygens (including phenoxy) is 1. The predicted molar refractivity (Wildman–Crippen MR) is 84.6 cm³/mol. The topological polar surface area (TPSA) is 60.7 Å². The van der Waals surface area contributed by atoms with E-state index in [0.717, 1.165) is 18.2 Å². The molecule has 0 amide bonds. The van der Waals surface area contributed by atoms with Crippen LogP contribution in [0.4, 0.5) is 8.78 Å². The van der Waals surface area contributed by atoms with Crippen molar-refractivity contribution in [3.63, 3.8) is 0 Å². The number of pyridine rings is 1. The quantitative estimate of drug-likeness (QED) is 0.640. The van der Waals surface area contributed by atoms with Gasteiger partial charge in [0.15, 0.2) is 0 Å². The van der Waals surface area contributed by atoms with E-state index in [4.69, 9.17) is 4.74 Å². The summed E-state index contributed by atoms with van der Waals surface area (Å²) in [6.07, 6.45) is 1.55. The number of fused-ring (bicyclic) bond motifs is 1. The fraction of sp³-hybridized carbons (Fsp3) is 0.0625. The molecule has 0 radical (unpaired) electrons. The number of halogens is 3. The fourth-order valence-electron chi connectivity index (χ4n) is 2.10. The first-order chi connectivity index (χ1) is 11.5. The Labute approximate surface area is 142 Å². The van der Waals surface area contributed by atoms with Crippen molar-refractivity contribution in [2.24, 2.45) is 0 Å². The highest BCUT2D eigenvalue weighted by Crippen LogP contribution is 2.14. The van der Waals surface area contributed by atoms with Crippen LogP contribution >= 0.6 is 15.9 Å². The van der Waals surface area contributed by atoms with Crippen LogP contribution in [0, 0.1) is 11.6 Å². The minimum atomic E-state index is -1.16. The van der Waals surface area contributed by atoms with E-state index in [2.05, 4.69) is 20.9 Å². The predicted octanol–water partition coefficient (Wildman–Crippen LogP) is 3.09. The fourth-order valence-corrected chi connectivity index (χ4v) is 2.44. The minimum absolute atomic E-state index is 0.174. The van der Waals surface area contributed by atoms with Gasteiger partial charge < -0.3 is 4.74 Å². The second kappa shape index (κ2) is 6.48. The van der Waals surface area contributed by atoms with Gasteiger partial charge in [0.25, 0.3) is 5.56 Å². The van der Waals surface area contributed by atoms with E-state index >= 15 is 0 Å². The van der Waals surface area contributed by atoms with Gasteiger partial charge in [-0.25, -0.2) is 18.6 Å². The van der Waals surface area contributed by atoms with E-state index in [1.54, 1.807) is 18.3 Å². The third-order valence-corrected chi connectivity index (χ3v) is 3.66. The number of hydrogen-bond donors (Lipinski definition) is 0. The molecule has 1 aromatic carbocycles. The van der Waals surface area contributed by atoms with Crippen LogP contribution < -0.4 is 5.56 Å². The van der Waals surface area contributed by atoms with Crippen LogP contribution in [0.25, 0.3) is 5.65 Å². The number of benzene rings is 1. The summed E-state index contributed by atoms with van der Waals surface area (Å²) in [4.78, 5) is 28.0. The first-order valence-corrected chi connectivity index (χ1v) is 7.54. The highest BCUT2D eigenvalue weighted by atomic mass is 79.9. The Morgan fingerprint density at radius 2 is 1.92 bits per heavy atom. The van der Waals surface area contributed by atoms with Gasteiger partial charge >= 0.3 is 5.97 Å². The van der Waals surface area contributed by atoms with Crippen LogP contribution in [-0.2, 0) is 11.3 Å². The van der Waals surface area contributed by atoms with E-state index in [-0.39, 0.29) is 17.9 Å². The van der Waals surface area contributed by atoms with Gasteiger partial charge in [0.05, 0.1) is 5.69 Å². The second-order valence-electron chi connectivity index (χ2n) is 4.83. The summed E-state index contributed by atoms with van der Waals surface area (Å²) in [6, 6.07) is 7.55. The molecular formula is C16H9BrF2N2O3. The number of esters is 1. The average molecular weight is 395 g/mol. The molecule has 24 heavy (non-hydrogen) atoms. The van der Waals surface area contributed by atoms with E-state index in [9.17, 15) is 18.4 Å². The van der Waals surface area contributed by atoms with Crippen molar-refractivity contribution in [3.05, 3.63) is 80.3 Å². The lowest BCUT2D eigenvalue weighted by Gasteiger charge is -2.07. The third-order valence-electron chi connectivity index (χ3n) is 3.19. The van der Waals surface area contributed by atoms with Gasteiger partial charge in [-0.15, -0.1) is 0 Å². The molecule has 2 heterocycles. The summed E-state index contributed by atoms with van der Waals surface area (Å²) in [5, 5.41) is 0. The summed E-state index contributed by atoms with van der Waals surface area (Å²) in [5.74, 6) is -3.20. The van der Waals surface area contributed by atoms with Gasteiger partial charge in [-0.05, 0) is 40.2 Å². The van der Waals surface area contributed by atoms with Crippen LogP contribution in [0.2, 0.25) is 0 Å². The monoisotopic (exact) mass is 394 g/mol. The van der Waals surface area contributed by atoms with Crippen LogP contribution in [0.5, 0.6) is 0 Å². The van der Waals surface area contributed by atoms with Gasteiger partial charge in [0.2, 0.25) is 0 Å². The zero-order valence-electron chi connectivity index (χ0n) is 12.0. The Kier molecular flexibility index (Phi) is 4.39. The number of carbonyl (C=O) groups excluding carboxylic acids is 1. The molecule has 3 rings (SSSR count). The smallest absolute Gasteiger partial charge is 0.344 e. The molecule has 122 valence electrons. The van der Waals surface area contributed by atoms with Gasteiger partial charge in [-0.1, -0.05) is 6.07 Å². The molecule has 2 aromatic heterocycles. The molecule has 8 heteroatoms. The molecule has 0 aliphatic carbocycles. The van der Waals surface area contributed by atoms with Gasteiger partial charge in [0, 0.05) is 16.7 Å². The number of hydrogen-bond acceptors (Lipinski definition) is 4. The van der Waals surface area contributed by atoms with Crippen molar-refractivity contribution in [1.82, 2.24) is 9.38 Å². The molecular weight excluding hydrogens is 386 g/mol. The van der Waals surface area contributed by atoms with Gasteiger partial charge in [-0.3, -0.25) is 9.20 Å². The molecule has 0 N–H and O–H groups in total. The maximum atomic E-state index is 13.5. The normalized spacial score (nSPS) is 10.8. The Hall–Kier alpha value is -2.61. The Morgan fingerprint density at radius 3 is 2.62 bits per heavy atom. The second-order valence-corrected chi connectivity index (χ2v) is 5.75. The lowest BCUT2D eigenvalue weighted by molar-refractivity contribution is 0.0456. The molecule has 0 atom stereocenters. The average Bonchev–Trinajstić information content (AvgIpc) is 2.53. The molecule has 0 aliphatic heterocycles. The van der Waals surface area contributed by atoms with Crippen LogP contribution in [0.15, 0.2) is 51.9 Å². The lowest BCUT2D eigenvalue weighted by atomic mass is 10.2. The third kappa shape index (κ3) is 3.18. The highest BCUT2D eigenvalue weighted by Gasteiger charge is 2.18. The highest BCUT2D eigenvalue weighted by molar-refractivity contribution is 9.10. The lowest BCUT2D eigenvalue weighted by Crippen LogP contribution is -2.17. The summed E-state index contributed by atoms with van der Waals surface area (Å²) < 4.78 is 33.9. The minimum Gasteiger partial charge on any atom is -0.455 e. The zero-order chi connectivity index (χ0) is 17.3. The Morgan fingerprint density at radius 1 is 1.21 bits per heavy atom. The number of nitrogens with zero attached hydrogens (tertiary/aromatic N) is 2. The SMILES string of the molecule is O=C(OCc1cc(=O)n2cc(Br)ccc2n1)c1c(F)cccc1F. The van der Waals surface area contributed by atoms with Crippen molar-refractivity contribution >= 4 is 27.5 Å². The summed E-state index contributed by atoms with van der Waals surface area (Å²) in [5.41, 5.74) is -0.621. The maximum Gasteiger partial charge on any atom is 0.344 e. The van der Waals surface area contributed by atoms with E-state index in [1.165, 1.54) is 10.5 Å². The molecule has 0 saturated carbocycles. The zero-order valence-corrected chi connectivity index (χ0v) is 13.6. The first kappa shape index (κ1) is 16.3. The standard InChI is InChI=1S/C16H9BrF2N2O3/c17-9-4-5-13-20-10(6-14(22)21(13)7-9)8-24-16(23)15-11(18)2-1-3-12(15)19/h1-7H,8H2. The van der Waals surface area contributed by atoms with Crippen molar-refractivity contribution in [2.45, 2.75) is 6.61 Å². The number of carbonyl (C=O) groups is 1. The summed E-state index contributed by atoms with van der Waals surface area (Å²) >= 11 is 3.25. The van der Waals surface area contributed by atoms with Crippen LogP contribution in [0.3, 0.4) is 0 Å². The summed E-state index contributed by atoms with van der Waals surface area (Å²) in [6.45, 7) is -0.381. The van der Waals surface area contributed by atoms with Crippen LogP contribution in [0.1, 0.15) is 16.1 Å². The van der Waals surface area contributed by atoms with Crippen molar-refractivity contribution in [3.8, 4) is 0 Å². The van der Waals surface area contributed by atoms with E-state index < -0.39 is 23.2 Å². The largest absolute Gasteiger partial charge is 0.455 e. The Balaban J connectivity index is 1.85. The summed E-state index contributed by atoms with van der Waals surface area (Å²) in [7, 11) is 0. The first-order valence-electron chi connectivity index (χ1n) is 6.74. The number of rotatable bonds is 3. The molecule has 3 aromatic rings. The van der Waals surface area contributed by atoms with Crippen molar-refractivity contribution in [2.75, 3.05) is 0 Å². The van der Waals surface area contributed by atoms with Gasteiger partial charge in [0.1, 0.15) is 29.5 Å². The molecule has 0 spiro atoms.